The van der Waals surface area contributed by atoms with E-state index >= 15 is 0 Å². The van der Waals surface area contributed by atoms with E-state index in [-0.39, 0.29) is 0 Å². The first-order valence-electron chi connectivity index (χ1n) is 5.62. The van der Waals surface area contributed by atoms with Crippen LogP contribution in [-0.4, -0.2) is 26.0 Å². The summed E-state index contributed by atoms with van der Waals surface area (Å²) in [4.78, 5) is 24.2. The number of aromatic nitrogens is 4. The van der Waals surface area contributed by atoms with Crippen molar-refractivity contribution in [1.29, 1.82) is 0 Å². The minimum Gasteiger partial charge on any atom is -0.467 e. The molecule has 3 rings (SSSR count). The van der Waals surface area contributed by atoms with Gasteiger partial charge in [0, 0.05) is 0 Å². The van der Waals surface area contributed by atoms with Crippen LogP contribution in [0.4, 0.5) is 10.6 Å². The SMILES string of the molecule is NC(N)=O.c1coc(CNc2ncnc3nc[nH]c23)c1. The fourth-order valence-corrected chi connectivity index (χ4v) is 1.48. The Hall–Kier alpha value is -3.10. The number of carbonyl (C=O) groups excluding carboxylic acids is 1. The van der Waals surface area contributed by atoms with E-state index in [4.69, 9.17) is 9.21 Å². The molecule has 0 fully saturated rings. The number of hydrogen-bond donors (Lipinski definition) is 4. The number of nitrogens with one attached hydrogen (secondary N) is 2. The number of urea groups is 1. The van der Waals surface area contributed by atoms with E-state index in [2.05, 4.69) is 36.7 Å². The van der Waals surface area contributed by atoms with Crippen molar-refractivity contribution in [3.63, 3.8) is 0 Å². The van der Waals surface area contributed by atoms with Gasteiger partial charge in [0.1, 0.15) is 17.6 Å². The predicted molar refractivity (Wildman–Crippen MR) is 71.5 cm³/mol. The molecule has 3 aromatic heterocycles. The van der Waals surface area contributed by atoms with Crippen molar-refractivity contribution >= 4 is 23.0 Å². The van der Waals surface area contributed by atoms with Crippen LogP contribution in [0.15, 0.2) is 35.5 Å². The number of rotatable bonds is 3. The van der Waals surface area contributed by atoms with Crippen molar-refractivity contribution in [2.24, 2.45) is 11.5 Å². The molecule has 9 nitrogen and oxygen atoms in total. The minimum absolute atomic E-state index is 0.581. The van der Waals surface area contributed by atoms with Gasteiger partial charge in [-0.1, -0.05) is 0 Å². The molecule has 0 atom stereocenters. The first-order valence-corrected chi connectivity index (χ1v) is 5.62. The standard InChI is InChI=1S/C10H9N5O.CH4N2O/c1-2-7(16-3-1)4-11-9-8-10(13-5-12-8)15-6-14-9;2-1(3)4/h1-3,5-6H,4H2,(H2,11,12,13,14,15);(H4,2,3,4). The van der Waals surface area contributed by atoms with Gasteiger partial charge in [0.2, 0.25) is 0 Å². The number of aromatic amines is 1. The summed E-state index contributed by atoms with van der Waals surface area (Å²) >= 11 is 0. The molecule has 0 unspecified atom stereocenters. The van der Waals surface area contributed by atoms with Crippen LogP contribution in [-0.2, 0) is 6.54 Å². The number of fused-ring (bicyclic) bond motifs is 1. The van der Waals surface area contributed by atoms with E-state index in [0.717, 1.165) is 17.1 Å². The number of hydrogen-bond acceptors (Lipinski definition) is 6. The molecule has 9 heteroatoms. The quantitative estimate of drug-likeness (QED) is 0.549. The maximum absolute atomic E-state index is 9.00. The molecule has 3 aromatic rings. The summed E-state index contributed by atoms with van der Waals surface area (Å²) in [6.45, 7) is 0.581. The summed E-state index contributed by atoms with van der Waals surface area (Å²) < 4.78 is 5.22. The van der Waals surface area contributed by atoms with Gasteiger partial charge in [0.05, 0.1) is 19.1 Å². The van der Waals surface area contributed by atoms with Crippen molar-refractivity contribution in [3.05, 3.63) is 36.8 Å². The van der Waals surface area contributed by atoms with Gasteiger partial charge < -0.3 is 26.2 Å². The Morgan fingerprint density at radius 3 is 2.85 bits per heavy atom. The molecule has 3 heterocycles. The molecule has 0 saturated heterocycles. The first kappa shape index (κ1) is 13.3. The molecule has 20 heavy (non-hydrogen) atoms. The number of nitrogens with two attached hydrogens (primary N) is 2. The normalized spacial score (nSPS) is 9.80. The average molecular weight is 275 g/mol. The van der Waals surface area contributed by atoms with Gasteiger partial charge in [-0.3, -0.25) is 0 Å². The van der Waals surface area contributed by atoms with Crippen molar-refractivity contribution in [3.8, 4) is 0 Å². The highest BCUT2D eigenvalue weighted by Crippen LogP contribution is 2.15. The zero-order valence-corrected chi connectivity index (χ0v) is 10.4. The van der Waals surface area contributed by atoms with Crippen molar-refractivity contribution in [2.75, 3.05) is 5.32 Å². The van der Waals surface area contributed by atoms with E-state index in [1.54, 1.807) is 12.6 Å². The molecule has 0 bridgehead atoms. The topological polar surface area (TPSA) is 149 Å². The largest absolute Gasteiger partial charge is 0.467 e. The van der Waals surface area contributed by atoms with Crippen molar-refractivity contribution in [2.45, 2.75) is 6.54 Å². The Kier molecular flexibility index (Phi) is 4.12. The number of carbonyl (C=O) groups is 1. The number of primary amides is 2. The first-order chi connectivity index (χ1) is 9.66. The monoisotopic (exact) mass is 275 g/mol. The van der Waals surface area contributed by atoms with Gasteiger partial charge in [-0.15, -0.1) is 0 Å². The highest BCUT2D eigenvalue weighted by Gasteiger charge is 2.05. The fraction of sp³-hybridized carbons (Fsp3) is 0.0909. The molecular formula is C11H13N7O2. The Balaban J connectivity index is 0.000000328. The fourth-order valence-electron chi connectivity index (χ4n) is 1.48. The van der Waals surface area contributed by atoms with Gasteiger partial charge in [-0.2, -0.15) is 0 Å². The molecule has 0 aliphatic rings. The summed E-state index contributed by atoms with van der Waals surface area (Å²) in [5.74, 6) is 1.57. The minimum atomic E-state index is -0.833. The summed E-state index contributed by atoms with van der Waals surface area (Å²) in [6, 6.07) is 2.92. The van der Waals surface area contributed by atoms with Crippen LogP contribution in [0.1, 0.15) is 5.76 Å². The van der Waals surface area contributed by atoms with Crippen LogP contribution >= 0.6 is 0 Å². The maximum atomic E-state index is 9.00. The molecule has 0 radical (unpaired) electrons. The molecular weight excluding hydrogens is 262 g/mol. The van der Waals surface area contributed by atoms with Crippen LogP contribution in [0.5, 0.6) is 0 Å². The number of H-pyrrole nitrogens is 1. The van der Waals surface area contributed by atoms with Crippen LogP contribution in [0.25, 0.3) is 11.2 Å². The Morgan fingerprint density at radius 2 is 2.15 bits per heavy atom. The molecule has 0 spiro atoms. The van der Waals surface area contributed by atoms with E-state index in [0.29, 0.717) is 12.2 Å². The third kappa shape index (κ3) is 3.45. The van der Waals surface area contributed by atoms with E-state index in [9.17, 15) is 0 Å². The summed E-state index contributed by atoms with van der Waals surface area (Å²) in [5.41, 5.74) is 9.95. The molecule has 0 aliphatic heterocycles. The summed E-state index contributed by atoms with van der Waals surface area (Å²) in [5, 5.41) is 3.16. The lowest BCUT2D eigenvalue weighted by molar-refractivity contribution is 0.256. The van der Waals surface area contributed by atoms with Crippen LogP contribution in [0.3, 0.4) is 0 Å². The molecule has 2 amide bonds. The number of furan rings is 1. The highest BCUT2D eigenvalue weighted by molar-refractivity contribution is 5.81. The van der Waals surface area contributed by atoms with Gasteiger partial charge in [0.15, 0.2) is 11.5 Å². The van der Waals surface area contributed by atoms with Crippen molar-refractivity contribution in [1.82, 2.24) is 19.9 Å². The lowest BCUT2D eigenvalue weighted by Crippen LogP contribution is -2.18. The lowest BCUT2D eigenvalue weighted by atomic mass is 10.4. The third-order valence-electron chi connectivity index (χ3n) is 2.23. The van der Waals surface area contributed by atoms with Gasteiger partial charge in [-0.25, -0.2) is 19.7 Å². The smallest absolute Gasteiger partial charge is 0.309 e. The number of amides is 2. The number of imidazole rings is 1. The molecule has 0 saturated carbocycles. The second-order valence-corrected chi connectivity index (χ2v) is 3.66. The Bertz CT molecular complexity index is 673. The van der Waals surface area contributed by atoms with Crippen LogP contribution in [0, 0.1) is 0 Å². The van der Waals surface area contributed by atoms with Crippen LogP contribution < -0.4 is 16.8 Å². The Labute approximate surface area is 113 Å². The van der Waals surface area contributed by atoms with Gasteiger partial charge in [-0.05, 0) is 12.1 Å². The van der Waals surface area contributed by atoms with Gasteiger partial charge >= 0.3 is 6.03 Å². The van der Waals surface area contributed by atoms with E-state index in [1.165, 1.54) is 6.33 Å². The second kappa shape index (κ2) is 6.18. The molecule has 6 N–H and O–H groups in total. The van der Waals surface area contributed by atoms with Gasteiger partial charge in [0.25, 0.3) is 0 Å². The van der Waals surface area contributed by atoms with Crippen molar-refractivity contribution < 1.29 is 9.21 Å². The molecule has 0 aromatic carbocycles. The summed E-state index contributed by atoms with van der Waals surface area (Å²) in [6.07, 6.45) is 4.72. The number of nitrogens with zero attached hydrogens (tertiary/aromatic N) is 3. The predicted octanol–water partition coefficient (Wildman–Crippen LogP) is 0.582. The molecule has 104 valence electrons. The third-order valence-corrected chi connectivity index (χ3v) is 2.23. The Morgan fingerprint density at radius 1 is 1.35 bits per heavy atom. The molecule has 0 aliphatic carbocycles. The maximum Gasteiger partial charge on any atom is 0.309 e. The van der Waals surface area contributed by atoms with E-state index in [1.807, 2.05) is 12.1 Å². The summed E-state index contributed by atoms with van der Waals surface area (Å²) in [7, 11) is 0. The lowest BCUT2D eigenvalue weighted by Gasteiger charge is -2.03. The van der Waals surface area contributed by atoms with Crippen LogP contribution in [0.2, 0.25) is 0 Å². The van der Waals surface area contributed by atoms with E-state index < -0.39 is 6.03 Å². The average Bonchev–Trinajstić information content (AvgIpc) is 3.06. The zero-order chi connectivity index (χ0) is 14.4. The highest BCUT2D eigenvalue weighted by atomic mass is 16.3. The zero-order valence-electron chi connectivity index (χ0n) is 10.4. The second-order valence-electron chi connectivity index (χ2n) is 3.66. The number of anilines is 1.